The molecule has 108 valence electrons. The molecule has 0 fully saturated rings. The second-order valence-corrected chi connectivity index (χ2v) is 4.75. The number of ether oxygens (including phenoxy) is 1. The van der Waals surface area contributed by atoms with Crippen LogP contribution in [0.5, 0.6) is 5.75 Å². The lowest BCUT2D eigenvalue weighted by atomic mass is 10.1. The molecule has 0 atom stereocenters. The summed E-state index contributed by atoms with van der Waals surface area (Å²) in [4.78, 5) is 0. The van der Waals surface area contributed by atoms with Crippen molar-refractivity contribution in [3.05, 3.63) is 54.6 Å². The van der Waals surface area contributed by atoms with Crippen LogP contribution in [-0.4, -0.2) is 25.0 Å². The number of methoxy groups -OCH3 is 1. The third kappa shape index (κ3) is 4.29. The van der Waals surface area contributed by atoms with Crippen molar-refractivity contribution in [2.45, 2.75) is 0 Å². The van der Waals surface area contributed by atoms with Gasteiger partial charge in [0.15, 0.2) is 5.11 Å². The molecule has 21 heavy (non-hydrogen) atoms. The van der Waals surface area contributed by atoms with Crippen LogP contribution in [-0.2, 0) is 0 Å². The molecule has 0 aliphatic rings. The van der Waals surface area contributed by atoms with E-state index in [1.165, 1.54) is 0 Å². The fourth-order valence-corrected chi connectivity index (χ4v) is 1.96. The van der Waals surface area contributed by atoms with Crippen molar-refractivity contribution in [1.29, 1.82) is 0 Å². The topological polar surface area (TPSA) is 45.7 Å². The van der Waals surface area contributed by atoms with E-state index in [1.807, 2.05) is 30.3 Å². The maximum absolute atomic E-state index is 5.21. The quantitative estimate of drug-likeness (QED) is 0.386. The lowest BCUT2D eigenvalue weighted by Crippen LogP contribution is -2.31. The summed E-state index contributed by atoms with van der Waals surface area (Å²) in [5, 5.41) is 9.76. The van der Waals surface area contributed by atoms with Crippen LogP contribution in [0.2, 0.25) is 0 Å². The van der Waals surface area contributed by atoms with E-state index in [4.69, 9.17) is 17.0 Å². The summed E-state index contributed by atoms with van der Waals surface area (Å²) in [6.45, 7) is 4.21. The van der Waals surface area contributed by atoms with Crippen molar-refractivity contribution in [2.75, 3.05) is 13.7 Å². The zero-order valence-electron chi connectivity index (χ0n) is 11.8. The van der Waals surface area contributed by atoms with Crippen molar-refractivity contribution in [3.8, 4) is 5.75 Å². The minimum Gasteiger partial charge on any atom is -0.497 e. The molecule has 2 aromatic rings. The SMILES string of the molecule is C=CCNC(=S)N/N=C\c1ccc2cc(OC)ccc2c1. The summed E-state index contributed by atoms with van der Waals surface area (Å²) >= 11 is 5.04. The summed E-state index contributed by atoms with van der Waals surface area (Å²) in [6, 6.07) is 12.1. The van der Waals surface area contributed by atoms with Gasteiger partial charge >= 0.3 is 0 Å². The van der Waals surface area contributed by atoms with Crippen LogP contribution in [0.3, 0.4) is 0 Å². The van der Waals surface area contributed by atoms with Crippen LogP contribution in [0.25, 0.3) is 10.8 Å². The Labute approximate surface area is 129 Å². The molecule has 0 radical (unpaired) electrons. The lowest BCUT2D eigenvalue weighted by molar-refractivity contribution is 0.415. The van der Waals surface area contributed by atoms with E-state index in [0.29, 0.717) is 11.7 Å². The Morgan fingerprint density at radius 2 is 2.05 bits per heavy atom. The number of rotatable bonds is 5. The number of fused-ring (bicyclic) bond motifs is 1. The molecule has 0 unspecified atom stereocenters. The Morgan fingerprint density at radius 3 is 2.81 bits per heavy atom. The first-order valence-corrected chi connectivity index (χ1v) is 6.89. The Balaban J connectivity index is 2.05. The normalized spacial score (nSPS) is 10.5. The van der Waals surface area contributed by atoms with E-state index < -0.39 is 0 Å². The van der Waals surface area contributed by atoms with Crippen LogP contribution in [0, 0.1) is 0 Å². The first kappa shape index (κ1) is 15.0. The number of hydrogen-bond acceptors (Lipinski definition) is 3. The molecule has 2 rings (SSSR count). The fourth-order valence-electron chi connectivity index (χ4n) is 1.82. The highest BCUT2D eigenvalue weighted by Gasteiger charge is 1.97. The molecule has 0 aliphatic carbocycles. The van der Waals surface area contributed by atoms with Crippen molar-refractivity contribution >= 4 is 34.3 Å². The summed E-state index contributed by atoms with van der Waals surface area (Å²) in [6.07, 6.45) is 3.46. The third-order valence-corrected chi connectivity index (χ3v) is 3.09. The highest BCUT2D eigenvalue weighted by atomic mass is 32.1. The third-order valence-electron chi connectivity index (χ3n) is 2.86. The van der Waals surface area contributed by atoms with Crippen molar-refractivity contribution in [1.82, 2.24) is 10.7 Å². The Morgan fingerprint density at radius 1 is 1.29 bits per heavy atom. The molecular formula is C16H17N3OS. The van der Waals surface area contributed by atoms with Gasteiger partial charge in [-0.3, -0.25) is 5.43 Å². The van der Waals surface area contributed by atoms with Gasteiger partial charge in [0.2, 0.25) is 0 Å². The molecule has 0 aliphatic heterocycles. The molecule has 0 bridgehead atoms. The minimum atomic E-state index is 0.469. The maximum Gasteiger partial charge on any atom is 0.187 e. The van der Waals surface area contributed by atoms with Gasteiger partial charge in [0.25, 0.3) is 0 Å². The number of hydrogen-bond donors (Lipinski definition) is 2. The van der Waals surface area contributed by atoms with Crippen LogP contribution >= 0.6 is 12.2 Å². The zero-order chi connectivity index (χ0) is 15.1. The summed E-state index contributed by atoms with van der Waals surface area (Å²) in [7, 11) is 1.66. The average Bonchev–Trinajstić information content (AvgIpc) is 2.52. The average molecular weight is 299 g/mol. The second kappa shape index (κ2) is 7.40. The van der Waals surface area contributed by atoms with E-state index in [9.17, 15) is 0 Å². The largest absolute Gasteiger partial charge is 0.497 e. The van der Waals surface area contributed by atoms with Gasteiger partial charge in [-0.25, -0.2) is 0 Å². The predicted octanol–water partition coefficient (Wildman–Crippen LogP) is 2.83. The number of nitrogens with one attached hydrogen (secondary N) is 2. The smallest absolute Gasteiger partial charge is 0.187 e. The first-order chi connectivity index (χ1) is 10.2. The summed E-state index contributed by atoms with van der Waals surface area (Å²) < 4.78 is 5.21. The zero-order valence-corrected chi connectivity index (χ0v) is 12.6. The van der Waals surface area contributed by atoms with Crippen LogP contribution in [0.1, 0.15) is 5.56 Å². The molecule has 0 spiro atoms. The van der Waals surface area contributed by atoms with Crippen LogP contribution in [0.4, 0.5) is 0 Å². The van der Waals surface area contributed by atoms with E-state index in [2.05, 4.69) is 28.5 Å². The summed E-state index contributed by atoms with van der Waals surface area (Å²) in [5.74, 6) is 0.851. The van der Waals surface area contributed by atoms with Crippen LogP contribution < -0.4 is 15.5 Å². The molecule has 0 amide bonds. The number of benzene rings is 2. The monoisotopic (exact) mass is 299 g/mol. The van der Waals surface area contributed by atoms with Crippen LogP contribution in [0.15, 0.2) is 54.2 Å². The Kier molecular flexibility index (Phi) is 5.29. The predicted molar refractivity (Wildman–Crippen MR) is 92.0 cm³/mol. The number of hydrazone groups is 1. The van der Waals surface area contributed by atoms with Crippen molar-refractivity contribution < 1.29 is 4.74 Å². The Hall–Kier alpha value is -2.40. The van der Waals surface area contributed by atoms with E-state index in [-0.39, 0.29) is 0 Å². The molecule has 2 aromatic carbocycles. The minimum absolute atomic E-state index is 0.469. The van der Waals surface area contributed by atoms with Gasteiger partial charge in [0.05, 0.1) is 13.3 Å². The molecular weight excluding hydrogens is 282 g/mol. The van der Waals surface area contributed by atoms with E-state index in [1.54, 1.807) is 19.4 Å². The van der Waals surface area contributed by atoms with Gasteiger partial charge in [0, 0.05) is 6.54 Å². The molecule has 0 aromatic heterocycles. The first-order valence-electron chi connectivity index (χ1n) is 6.48. The molecule has 0 saturated heterocycles. The molecule has 2 N–H and O–H groups in total. The van der Waals surface area contributed by atoms with Gasteiger partial charge in [-0.15, -0.1) is 6.58 Å². The van der Waals surface area contributed by atoms with Gasteiger partial charge < -0.3 is 10.1 Å². The molecule has 0 saturated carbocycles. The lowest BCUT2D eigenvalue weighted by Gasteiger charge is -2.04. The number of nitrogens with zero attached hydrogens (tertiary/aromatic N) is 1. The molecule has 4 nitrogen and oxygen atoms in total. The maximum atomic E-state index is 5.21. The van der Waals surface area contributed by atoms with Gasteiger partial charge in [-0.1, -0.05) is 24.3 Å². The highest BCUT2D eigenvalue weighted by molar-refractivity contribution is 7.80. The molecule has 0 heterocycles. The van der Waals surface area contributed by atoms with Crippen molar-refractivity contribution in [2.24, 2.45) is 5.10 Å². The summed E-state index contributed by atoms with van der Waals surface area (Å²) in [5.41, 5.74) is 3.75. The van der Waals surface area contributed by atoms with Crippen molar-refractivity contribution in [3.63, 3.8) is 0 Å². The van der Waals surface area contributed by atoms with E-state index in [0.717, 1.165) is 22.1 Å². The van der Waals surface area contributed by atoms with Gasteiger partial charge in [-0.05, 0) is 46.8 Å². The standard InChI is InChI=1S/C16H17N3OS/c1-3-8-17-16(21)19-18-11-12-4-5-14-10-15(20-2)7-6-13(14)9-12/h3-7,9-11H,1,8H2,2H3,(H2,17,19,21)/b18-11-. The number of thiocarbonyl (C=S) groups is 1. The van der Waals surface area contributed by atoms with Gasteiger partial charge in [0.1, 0.15) is 5.75 Å². The van der Waals surface area contributed by atoms with E-state index >= 15 is 0 Å². The Bertz CT molecular complexity index is 682. The van der Waals surface area contributed by atoms with Gasteiger partial charge in [-0.2, -0.15) is 5.10 Å². The second-order valence-electron chi connectivity index (χ2n) is 4.34. The molecule has 5 heteroatoms. The highest BCUT2D eigenvalue weighted by Crippen LogP contribution is 2.21. The fraction of sp³-hybridized carbons (Fsp3) is 0.125.